The van der Waals surface area contributed by atoms with Crippen molar-refractivity contribution in [2.24, 2.45) is 5.73 Å². The van der Waals surface area contributed by atoms with Crippen LogP contribution in [0.2, 0.25) is 0 Å². The van der Waals surface area contributed by atoms with Crippen LogP contribution >= 0.6 is 15.9 Å². The SMILES string of the molecule is COc1cc(Br)c2c(c1)CCN(C(=O)CC(N)c1ccccc1)C2. The van der Waals surface area contributed by atoms with Gasteiger partial charge in [-0.25, -0.2) is 0 Å². The number of benzene rings is 2. The Kier molecular flexibility index (Phi) is 5.21. The van der Waals surface area contributed by atoms with E-state index in [0.717, 1.165) is 27.8 Å². The van der Waals surface area contributed by atoms with Crippen molar-refractivity contribution < 1.29 is 9.53 Å². The van der Waals surface area contributed by atoms with E-state index >= 15 is 0 Å². The third-order valence-electron chi connectivity index (χ3n) is 4.47. The number of amides is 1. The molecule has 1 amide bonds. The quantitative estimate of drug-likeness (QED) is 0.872. The second-order valence-electron chi connectivity index (χ2n) is 6.03. The maximum Gasteiger partial charge on any atom is 0.224 e. The zero-order chi connectivity index (χ0) is 17.1. The summed E-state index contributed by atoms with van der Waals surface area (Å²) >= 11 is 3.60. The molecule has 2 aromatic carbocycles. The van der Waals surface area contributed by atoms with Crippen LogP contribution in [0, 0.1) is 0 Å². The number of hydrogen-bond donors (Lipinski definition) is 1. The van der Waals surface area contributed by atoms with E-state index in [1.807, 2.05) is 41.3 Å². The Bertz CT molecular complexity index is 734. The number of halogens is 1. The first-order valence-corrected chi connectivity index (χ1v) is 8.81. The molecule has 4 nitrogen and oxygen atoms in total. The summed E-state index contributed by atoms with van der Waals surface area (Å²) in [5.41, 5.74) is 9.58. The smallest absolute Gasteiger partial charge is 0.224 e. The topological polar surface area (TPSA) is 55.6 Å². The lowest BCUT2D eigenvalue weighted by atomic mass is 9.98. The third-order valence-corrected chi connectivity index (χ3v) is 5.18. The van der Waals surface area contributed by atoms with Crippen molar-refractivity contribution in [1.82, 2.24) is 4.90 Å². The zero-order valence-corrected chi connectivity index (χ0v) is 15.3. The fourth-order valence-electron chi connectivity index (χ4n) is 3.06. The lowest BCUT2D eigenvalue weighted by molar-refractivity contribution is -0.132. The third kappa shape index (κ3) is 3.62. The monoisotopic (exact) mass is 388 g/mol. The van der Waals surface area contributed by atoms with Crippen LogP contribution in [0.1, 0.15) is 29.2 Å². The predicted octanol–water partition coefficient (Wildman–Crippen LogP) is 3.43. The maximum atomic E-state index is 12.6. The van der Waals surface area contributed by atoms with Crippen LogP contribution in [0.15, 0.2) is 46.9 Å². The summed E-state index contributed by atoms with van der Waals surface area (Å²) in [4.78, 5) is 14.5. The molecule has 3 rings (SSSR count). The number of nitrogens with zero attached hydrogens (tertiary/aromatic N) is 1. The fraction of sp³-hybridized carbons (Fsp3) is 0.316. The molecule has 1 unspecified atom stereocenters. The highest BCUT2D eigenvalue weighted by atomic mass is 79.9. The molecule has 1 heterocycles. The first-order valence-electron chi connectivity index (χ1n) is 8.02. The van der Waals surface area contributed by atoms with Crippen LogP contribution in [0.25, 0.3) is 0 Å². The number of hydrogen-bond acceptors (Lipinski definition) is 3. The second-order valence-corrected chi connectivity index (χ2v) is 6.89. The highest BCUT2D eigenvalue weighted by molar-refractivity contribution is 9.10. The highest BCUT2D eigenvalue weighted by Gasteiger charge is 2.24. The van der Waals surface area contributed by atoms with Gasteiger partial charge in [-0.05, 0) is 35.2 Å². The van der Waals surface area contributed by atoms with E-state index in [4.69, 9.17) is 10.5 Å². The average Bonchev–Trinajstić information content (AvgIpc) is 2.62. The van der Waals surface area contributed by atoms with Crippen molar-refractivity contribution in [3.63, 3.8) is 0 Å². The van der Waals surface area contributed by atoms with Gasteiger partial charge in [-0.15, -0.1) is 0 Å². The molecule has 0 saturated carbocycles. The van der Waals surface area contributed by atoms with Crippen LogP contribution in [-0.2, 0) is 17.8 Å². The van der Waals surface area contributed by atoms with E-state index < -0.39 is 0 Å². The van der Waals surface area contributed by atoms with Gasteiger partial charge in [0.15, 0.2) is 0 Å². The predicted molar refractivity (Wildman–Crippen MR) is 97.8 cm³/mol. The van der Waals surface area contributed by atoms with Crippen LogP contribution in [-0.4, -0.2) is 24.5 Å². The fourth-order valence-corrected chi connectivity index (χ4v) is 3.66. The Morgan fingerprint density at radius 3 is 2.79 bits per heavy atom. The lowest BCUT2D eigenvalue weighted by Gasteiger charge is -2.30. The molecular weight excluding hydrogens is 368 g/mol. The number of carbonyl (C=O) groups is 1. The molecule has 1 aliphatic rings. The Balaban J connectivity index is 1.70. The van der Waals surface area contributed by atoms with Gasteiger partial charge >= 0.3 is 0 Å². The van der Waals surface area contributed by atoms with E-state index in [0.29, 0.717) is 19.5 Å². The van der Waals surface area contributed by atoms with Gasteiger partial charge in [0.25, 0.3) is 0 Å². The van der Waals surface area contributed by atoms with E-state index in [2.05, 4.69) is 22.0 Å². The summed E-state index contributed by atoms with van der Waals surface area (Å²) in [7, 11) is 1.66. The number of carbonyl (C=O) groups excluding carboxylic acids is 1. The van der Waals surface area contributed by atoms with Crippen molar-refractivity contribution in [3.8, 4) is 5.75 Å². The molecule has 0 aliphatic carbocycles. The van der Waals surface area contributed by atoms with Gasteiger partial charge in [-0.3, -0.25) is 4.79 Å². The Morgan fingerprint density at radius 1 is 1.33 bits per heavy atom. The summed E-state index contributed by atoms with van der Waals surface area (Å²) < 4.78 is 6.30. The average molecular weight is 389 g/mol. The summed E-state index contributed by atoms with van der Waals surface area (Å²) in [5.74, 6) is 0.936. The summed E-state index contributed by atoms with van der Waals surface area (Å²) in [6, 6.07) is 13.5. The van der Waals surface area contributed by atoms with Crippen molar-refractivity contribution >= 4 is 21.8 Å². The molecule has 1 atom stereocenters. The molecular formula is C19H21BrN2O2. The molecule has 0 saturated heterocycles. The molecule has 0 bridgehead atoms. The number of methoxy groups -OCH3 is 1. The van der Waals surface area contributed by atoms with E-state index in [1.165, 1.54) is 5.56 Å². The minimum absolute atomic E-state index is 0.0970. The highest BCUT2D eigenvalue weighted by Crippen LogP contribution is 2.31. The zero-order valence-electron chi connectivity index (χ0n) is 13.7. The van der Waals surface area contributed by atoms with Gasteiger partial charge in [0.1, 0.15) is 5.75 Å². The maximum absolute atomic E-state index is 12.6. The van der Waals surface area contributed by atoms with Crippen LogP contribution in [0.5, 0.6) is 5.75 Å². The number of ether oxygens (including phenoxy) is 1. The number of nitrogens with two attached hydrogens (primary N) is 1. The molecule has 126 valence electrons. The van der Waals surface area contributed by atoms with Gasteiger partial charge in [-0.1, -0.05) is 46.3 Å². The summed E-state index contributed by atoms with van der Waals surface area (Å²) in [5, 5.41) is 0. The summed E-state index contributed by atoms with van der Waals surface area (Å²) in [6.45, 7) is 1.33. The Hall–Kier alpha value is -1.85. The van der Waals surface area contributed by atoms with Crippen molar-refractivity contribution in [1.29, 1.82) is 0 Å². The molecule has 0 fully saturated rings. The molecule has 0 aromatic heterocycles. The Morgan fingerprint density at radius 2 is 2.08 bits per heavy atom. The number of fused-ring (bicyclic) bond motifs is 1. The minimum Gasteiger partial charge on any atom is -0.497 e. The van der Waals surface area contributed by atoms with Crippen LogP contribution in [0.3, 0.4) is 0 Å². The molecule has 0 radical (unpaired) electrons. The second kappa shape index (κ2) is 7.36. The van der Waals surface area contributed by atoms with Gasteiger partial charge in [0.05, 0.1) is 7.11 Å². The van der Waals surface area contributed by atoms with Gasteiger partial charge in [0.2, 0.25) is 5.91 Å². The van der Waals surface area contributed by atoms with Gasteiger partial charge in [0, 0.05) is 30.0 Å². The van der Waals surface area contributed by atoms with E-state index in [1.54, 1.807) is 7.11 Å². The van der Waals surface area contributed by atoms with E-state index in [9.17, 15) is 4.79 Å². The largest absolute Gasteiger partial charge is 0.497 e. The molecule has 2 N–H and O–H groups in total. The lowest BCUT2D eigenvalue weighted by Crippen LogP contribution is -2.37. The normalized spacial score (nSPS) is 14.9. The molecule has 1 aliphatic heterocycles. The van der Waals surface area contributed by atoms with Gasteiger partial charge in [-0.2, -0.15) is 0 Å². The Labute approximate surface area is 150 Å². The van der Waals surface area contributed by atoms with Crippen molar-refractivity contribution in [2.45, 2.75) is 25.4 Å². The van der Waals surface area contributed by atoms with Gasteiger partial charge < -0.3 is 15.4 Å². The molecule has 2 aromatic rings. The molecule has 5 heteroatoms. The summed E-state index contributed by atoms with van der Waals surface area (Å²) in [6.07, 6.45) is 1.16. The van der Waals surface area contributed by atoms with E-state index in [-0.39, 0.29) is 11.9 Å². The molecule has 0 spiro atoms. The van der Waals surface area contributed by atoms with Crippen LogP contribution < -0.4 is 10.5 Å². The standard InChI is InChI=1S/C19H21BrN2O2/c1-24-15-9-14-7-8-22(12-16(14)17(20)10-15)19(23)11-18(21)13-5-3-2-4-6-13/h2-6,9-10,18H,7-8,11-12,21H2,1H3. The first kappa shape index (κ1) is 17.0. The first-order chi connectivity index (χ1) is 11.6. The minimum atomic E-state index is -0.264. The molecule has 24 heavy (non-hydrogen) atoms. The van der Waals surface area contributed by atoms with Crippen molar-refractivity contribution in [3.05, 3.63) is 63.6 Å². The number of rotatable bonds is 4. The van der Waals surface area contributed by atoms with Crippen molar-refractivity contribution in [2.75, 3.05) is 13.7 Å². The van der Waals surface area contributed by atoms with Crippen LogP contribution in [0.4, 0.5) is 0 Å².